The van der Waals surface area contributed by atoms with E-state index in [9.17, 15) is 14.0 Å². The number of nitrogens with zero attached hydrogens (tertiary/aromatic N) is 1. The fourth-order valence-corrected chi connectivity index (χ4v) is 3.48. The summed E-state index contributed by atoms with van der Waals surface area (Å²) < 4.78 is 13.2. The lowest BCUT2D eigenvalue weighted by atomic mass is 10.0. The fourth-order valence-electron chi connectivity index (χ4n) is 3.30. The smallest absolute Gasteiger partial charge is 0.251 e. The minimum Gasteiger partial charge on any atom is -0.349 e. The Hall–Kier alpha value is -2.44. The van der Waals surface area contributed by atoms with Gasteiger partial charge in [-0.25, -0.2) is 4.39 Å². The molecule has 2 N–H and O–H groups in total. The topological polar surface area (TPSA) is 61.4 Å². The molecule has 0 unspecified atom stereocenters. The quantitative estimate of drug-likeness (QED) is 0.801. The average molecular weight is 404 g/mol. The highest BCUT2D eigenvalue weighted by atomic mass is 35.5. The van der Waals surface area contributed by atoms with E-state index in [1.54, 1.807) is 0 Å². The van der Waals surface area contributed by atoms with E-state index in [1.807, 2.05) is 36.1 Å². The van der Waals surface area contributed by atoms with Crippen molar-refractivity contribution in [1.82, 2.24) is 10.2 Å². The number of benzene rings is 2. The highest BCUT2D eigenvalue weighted by molar-refractivity contribution is 6.31. The Morgan fingerprint density at radius 2 is 1.89 bits per heavy atom. The summed E-state index contributed by atoms with van der Waals surface area (Å²) >= 11 is 5.73. The van der Waals surface area contributed by atoms with E-state index in [-0.39, 0.29) is 29.4 Å². The van der Waals surface area contributed by atoms with Crippen LogP contribution in [-0.2, 0) is 4.79 Å². The minimum absolute atomic E-state index is 0.0250. The summed E-state index contributed by atoms with van der Waals surface area (Å²) in [5, 5.41) is 5.79. The maximum atomic E-state index is 13.2. The molecule has 0 spiro atoms. The summed E-state index contributed by atoms with van der Waals surface area (Å²) in [6.45, 7) is 3.60. The molecule has 0 bridgehead atoms. The summed E-state index contributed by atoms with van der Waals surface area (Å²) in [5.74, 6) is -0.748. The Kier molecular flexibility index (Phi) is 6.65. The average Bonchev–Trinajstić information content (AvgIpc) is 2.66. The first-order valence-electron chi connectivity index (χ1n) is 9.26. The Balaban J connectivity index is 1.45. The van der Waals surface area contributed by atoms with Crippen molar-refractivity contribution in [1.29, 1.82) is 0 Å². The lowest BCUT2D eigenvalue weighted by Gasteiger charge is -2.32. The Labute approximate surface area is 168 Å². The maximum Gasteiger partial charge on any atom is 0.251 e. The van der Waals surface area contributed by atoms with Gasteiger partial charge in [-0.05, 0) is 49.6 Å². The third kappa shape index (κ3) is 5.30. The van der Waals surface area contributed by atoms with Crippen molar-refractivity contribution in [2.45, 2.75) is 25.8 Å². The van der Waals surface area contributed by atoms with Crippen LogP contribution in [0, 0.1) is 12.7 Å². The van der Waals surface area contributed by atoms with Gasteiger partial charge in [0.05, 0.1) is 11.6 Å². The van der Waals surface area contributed by atoms with E-state index in [0.29, 0.717) is 11.3 Å². The van der Waals surface area contributed by atoms with Crippen molar-refractivity contribution in [3.63, 3.8) is 0 Å². The van der Waals surface area contributed by atoms with Crippen LogP contribution in [0.15, 0.2) is 42.5 Å². The zero-order valence-electron chi connectivity index (χ0n) is 15.7. The number of rotatable bonds is 5. The zero-order valence-corrected chi connectivity index (χ0v) is 16.4. The van der Waals surface area contributed by atoms with Crippen LogP contribution in [0.3, 0.4) is 0 Å². The Morgan fingerprint density at radius 3 is 2.57 bits per heavy atom. The number of carbonyl (C=O) groups is 2. The number of hydrogen-bond donors (Lipinski definition) is 2. The van der Waals surface area contributed by atoms with E-state index >= 15 is 0 Å². The van der Waals surface area contributed by atoms with Crippen molar-refractivity contribution in [3.05, 3.63) is 64.4 Å². The molecule has 0 saturated carbocycles. The molecular weight excluding hydrogens is 381 g/mol. The highest BCUT2D eigenvalue weighted by Gasteiger charge is 2.23. The molecule has 0 aliphatic carbocycles. The molecule has 1 heterocycles. The first-order chi connectivity index (χ1) is 13.4. The van der Waals surface area contributed by atoms with Crippen LogP contribution in [0.5, 0.6) is 0 Å². The number of piperidine rings is 1. The third-order valence-electron chi connectivity index (χ3n) is 4.88. The molecule has 5 nitrogen and oxygen atoms in total. The van der Waals surface area contributed by atoms with Crippen LogP contribution in [-0.4, -0.2) is 42.4 Å². The second-order valence-electron chi connectivity index (χ2n) is 7.02. The van der Waals surface area contributed by atoms with Gasteiger partial charge in [-0.1, -0.05) is 29.8 Å². The molecule has 1 aliphatic rings. The zero-order chi connectivity index (χ0) is 20.1. The van der Waals surface area contributed by atoms with Gasteiger partial charge in [-0.2, -0.15) is 0 Å². The van der Waals surface area contributed by atoms with Gasteiger partial charge in [0.1, 0.15) is 5.82 Å². The lowest BCUT2D eigenvalue weighted by Crippen LogP contribution is -2.46. The third-order valence-corrected chi connectivity index (χ3v) is 5.17. The molecule has 148 valence electrons. The van der Waals surface area contributed by atoms with Crippen molar-refractivity contribution in [2.24, 2.45) is 0 Å². The first kappa shape index (κ1) is 20.3. The van der Waals surface area contributed by atoms with Crippen LogP contribution >= 0.6 is 11.6 Å². The number of aryl methyl sites for hydroxylation is 1. The molecule has 0 aromatic heterocycles. The van der Waals surface area contributed by atoms with Gasteiger partial charge in [0.25, 0.3) is 5.91 Å². The van der Waals surface area contributed by atoms with E-state index in [1.165, 1.54) is 18.2 Å². The highest BCUT2D eigenvalue weighted by Crippen LogP contribution is 2.19. The summed E-state index contributed by atoms with van der Waals surface area (Å²) in [4.78, 5) is 26.7. The van der Waals surface area contributed by atoms with Gasteiger partial charge >= 0.3 is 0 Å². The molecule has 2 amide bonds. The van der Waals surface area contributed by atoms with Gasteiger partial charge in [0, 0.05) is 30.4 Å². The summed E-state index contributed by atoms with van der Waals surface area (Å²) in [6.07, 6.45) is 1.57. The SMILES string of the molecule is Cc1ccccc1C(=O)NC1CCN(CC(=O)Nc2ccc(F)c(Cl)c2)CC1. The van der Waals surface area contributed by atoms with Gasteiger partial charge < -0.3 is 10.6 Å². The predicted octanol–water partition coefficient (Wildman–Crippen LogP) is 3.62. The second kappa shape index (κ2) is 9.17. The van der Waals surface area contributed by atoms with Gasteiger partial charge in [0.2, 0.25) is 5.91 Å². The number of anilines is 1. The summed E-state index contributed by atoms with van der Waals surface area (Å²) in [6, 6.07) is 11.7. The normalized spacial score (nSPS) is 15.2. The molecule has 28 heavy (non-hydrogen) atoms. The molecule has 2 aromatic carbocycles. The second-order valence-corrected chi connectivity index (χ2v) is 7.42. The van der Waals surface area contributed by atoms with E-state index in [0.717, 1.165) is 31.5 Å². The summed E-state index contributed by atoms with van der Waals surface area (Å²) in [5.41, 5.74) is 2.12. The molecule has 3 rings (SSSR count). The fraction of sp³-hybridized carbons (Fsp3) is 0.333. The molecular formula is C21H23ClFN3O2. The molecule has 1 aliphatic heterocycles. The van der Waals surface area contributed by atoms with Crippen LogP contribution in [0.4, 0.5) is 10.1 Å². The number of carbonyl (C=O) groups excluding carboxylic acids is 2. The van der Waals surface area contributed by atoms with Gasteiger partial charge in [0.15, 0.2) is 0 Å². The van der Waals surface area contributed by atoms with Crippen LogP contribution in [0.2, 0.25) is 5.02 Å². The first-order valence-corrected chi connectivity index (χ1v) is 9.64. The van der Waals surface area contributed by atoms with Gasteiger partial charge in [-0.3, -0.25) is 14.5 Å². The molecule has 0 atom stereocenters. The predicted molar refractivity (Wildman–Crippen MR) is 108 cm³/mol. The lowest BCUT2D eigenvalue weighted by molar-refractivity contribution is -0.117. The number of likely N-dealkylation sites (tertiary alicyclic amines) is 1. The van der Waals surface area contributed by atoms with Gasteiger partial charge in [-0.15, -0.1) is 0 Å². The maximum absolute atomic E-state index is 13.2. The largest absolute Gasteiger partial charge is 0.349 e. The molecule has 1 fully saturated rings. The number of hydrogen-bond acceptors (Lipinski definition) is 3. The van der Waals surface area contributed by atoms with E-state index in [2.05, 4.69) is 10.6 Å². The monoisotopic (exact) mass is 403 g/mol. The van der Waals surface area contributed by atoms with Crippen molar-refractivity contribution >= 4 is 29.1 Å². The summed E-state index contributed by atoms with van der Waals surface area (Å²) in [7, 11) is 0. The van der Waals surface area contributed by atoms with Crippen LogP contribution < -0.4 is 10.6 Å². The van der Waals surface area contributed by atoms with E-state index in [4.69, 9.17) is 11.6 Å². The van der Waals surface area contributed by atoms with Crippen molar-refractivity contribution < 1.29 is 14.0 Å². The molecule has 0 radical (unpaired) electrons. The standard InChI is InChI=1S/C21H23ClFN3O2/c1-14-4-2-3-5-17(14)21(28)25-15-8-10-26(11-9-15)13-20(27)24-16-6-7-19(23)18(22)12-16/h2-7,12,15H,8-11,13H2,1H3,(H,24,27)(H,25,28). The number of halogens is 2. The Bertz CT molecular complexity index is 866. The van der Waals surface area contributed by atoms with Crippen molar-refractivity contribution in [2.75, 3.05) is 25.0 Å². The minimum atomic E-state index is -0.519. The molecule has 1 saturated heterocycles. The molecule has 2 aromatic rings. The van der Waals surface area contributed by atoms with E-state index < -0.39 is 5.82 Å². The number of nitrogens with one attached hydrogen (secondary N) is 2. The number of amides is 2. The van der Waals surface area contributed by atoms with Crippen LogP contribution in [0.1, 0.15) is 28.8 Å². The Morgan fingerprint density at radius 1 is 1.18 bits per heavy atom. The van der Waals surface area contributed by atoms with Crippen LogP contribution in [0.25, 0.3) is 0 Å². The van der Waals surface area contributed by atoms with Crippen molar-refractivity contribution in [3.8, 4) is 0 Å². The molecule has 7 heteroatoms.